The van der Waals surface area contributed by atoms with Gasteiger partial charge in [0.05, 0.1) is 5.69 Å². The zero-order valence-electron chi connectivity index (χ0n) is 17.4. The Bertz CT molecular complexity index is 1230. The number of piperazine rings is 1. The fourth-order valence-electron chi connectivity index (χ4n) is 3.96. The van der Waals surface area contributed by atoms with Crippen molar-refractivity contribution in [3.8, 4) is 11.3 Å². The first-order chi connectivity index (χ1) is 15.7. The number of halogens is 1. The van der Waals surface area contributed by atoms with Crippen LogP contribution in [-0.4, -0.2) is 47.3 Å². The molecular weight excluding hydrogens is 405 g/mol. The lowest BCUT2D eigenvalue weighted by Gasteiger charge is -2.35. The monoisotopic (exact) mass is 427 g/mol. The minimum atomic E-state index is -0.329. The van der Waals surface area contributed by atoms with Gasteiger partial charge in [0.25, 0.3) is 0 Å². The summed E-state index contributed by atoms with van der Waals surface area (Å²) in [4.78, 5) is 16.4. The second-order valence-electron chi connectivity index (χ2n) is 7.71. The summed E-state index contributed by atoms with van der Waals surface area (Å²) >= 11 is 0. The standard InChI is InChI=1S/C25H22FN5O/c26-19-8-10-20(11-9-19)27-25(32)31-16-14-30(15-17-31)24-13-12-23(28-29-24)22-7-3-5-18-4-1-2-6-21(18)22/h1-13H,14-17H2,(H,27,32). The molecule has 32 heavy (non-hydrogen) atoms. The van der Waals surface area contributed by atoms with Gasteiger partial charge in [-0.2, -0.15) is 0 Å². The molecular formula is C25H22FN5O. The number of aromatic nitrogens is 2. The van der Waals surface area contributed by atoms with E-state index < -0.39 is 0 Å². The summed E-state index contributed by atoms with van der Waals surface area (Å²) in [6, 6.07) is 24.0. The lowest BCUT2D eigenvalue weighted by Crippen LogP contribution is -2.50. The van der Waals surface area contributed by atoms with Crippen LogP contribution in [0.2, 0.25) is 0 Å². The maximum atomic E-state index is 13.0. The van der Waals surface area contributed by atoms with Gasteiger partial charge in [-0.05, 0) is 47.2 Å². The summed E-state index contributed by atoms with van der Waals surface area (Å²) in [7, 11) is 0. The van der Waals surface area contributed by atoms with Crippen LogP contribution < -0.4 is 10.2 Å². The maximum absolute atomic E-state index is 13.0. The van der Waals surface area contributed by atoms with Crippen LogP contribution in [0.5, 0.6) is 0 Å². The van der Waals surface area contributed by atoms with Crippen molar-refractivity contribution >= 4 is 28.3 Å². The van der Waals surface area contributed by atoms with E-state index in [9.17, 15) is 9.18 Å². The summed E-state index contributed by atoms with van der Waals surface area (Å²) < 4.78 is 13.0. The molecule has 1 saturated heterocycles. The highest BCUT2D eigenvalue weighted by Gasteiger charge is 2.22. The normalized spacial score (nSPS) is 13.9. The van der Waals surface area contributed by atoms with E-state index in [-0.39, 0.29) is 11.8 Å². The predicted molar refractivity (Wildman–Crippen MR) is 124 cm³/mol. The SMILES string of the molecule is O=C(Nc1ccc(F)cc1)N1CCN(c2ccc(-c3cccc4ccccc34)nn2)CC1. The second-order valence-corrected chi connectivity index (χ2v) is 7.71. The van der Waals surface area contributed by atoms with Gasteiger partial charge in [-0.15, -0.1) is 10.2 Å². The Morgan fingerprint density at radius 2 is 1.56 bits per heavy atom. The predicted octanol–water partition coefficient (Wildman–Crippen LogP) is 4.79. The molecule has 0 aliphatic carbocycles. The molecule has 4 aromatic rings. The Kier molecular flexibility index (Phi) is 5.37. The number of anilines is 2. The molecule has 0 saturated carbocycles. The first kappa shape index (κ1) is 19.9. The molecule has 1 fully saturated rings. The lowest BCUT2D eigenvalue weighted by molar-refractivity contribution is 0.208. The van der Waals surface area contributed by atoms with E-state index in [2.05, 4.69) is 44.7 Å². The van der Waals surface area contributed by atoms with Crippen LogP contribution in [0.25, 0.3) is 22.0 Å². The molecule has 7 heteroatoms. The first-order valence-corrected chi connectivity index (χ1v) is 10.6. The Morgan fingerprint density at radius 1 is 0.812 bits per heavy atom. The molecule has 0 spiro atoms. The molecule has 5 rings (SSSR count). The van der Waals surface area contributed by atoms with Crippen LogP contribution in [-0.2, 0) is 0 Å². The molecule has 0 bridgehead atoms. The van der Waals surface area contributed by atoms with Gasteiger partial charge < -0.3 is 15.1 Å². The molecule has 2 heterocycles. The van der Waals surface area contributed by atoms with Crippen LogP contribution in [0.15, 0.2) is 78.9 Å². The number of carbonyl (C=O) groups is 1. The third-order valence-electron chi connectivity index (χ3n) is 5.70. The van der Waals surface area contributed by atoms with E-state index in [4.69, 9.17) is 0 Å². The van der Waals surface area contributed by atoms with Crippen LogP contribution in [0.3, 0.4) is 0 Å². The molecule has 2 amide bonds. The van der Waals surface area contributed by atoms with Crippen LogP contribution >= 0.6 is 0 Å². The van der Waals surface area contributed by atoms with Gasteiger partial charge in [0.1, 0.15) is 5.82 Å². The number of hydrogen-bond acceptors (Lipinski definition) is 4. The second kappa shape index (κ2) is 8.63. The van der Waals surface area contributed by atoms with Crippen molar-refractivity contribution in [2.24, 2.45) is 0 Å². The first-order valence-electron chi connectivity index (χ1n) is 10.6. The number of rotatable bonds is 3. The Morgan fingerprint density at radius 3 is 2.31 bits per heavy atom. The zero-order valence-corrected chi connectivity index (χ0v) is 17.4. The molecule has 1 N–H and O–H groups in total. The Labute approximate surface area is 185 Å². The maximum Gasteiger partial charge on any atom is 0.321 e. The highest BCUT2D eigenvalue weighted by Crippen LogP contribution is 2.27. The summed E-state index contributed by atoms with van der Waals surface area (Å²) in [5.41, 5.74) is 2.47. The molecule has 3 aromatic carbocycles. The molecule has 1 aliphatic rings. The van der Waals surface area contributed by atoms with E-state index in [0.717, 1.165) is 22.5 Å². The van der Waals surface area contributed by atoms with Gasteiger partial charge in [0.15, 0.2) is 5.82 Å². The highest BCUT2D eigenvalue weighted by molar-refractivity contribution is 5.95. The molecule has 0 unspecified atom stereocenters. The quantitative estimate of drug-likeness (QED) is 0.511. The largest absolute Gasteiger partial charge is 0.352 e. The van der Waals surface area contributed by atoms with Crippen molar-refractivity contribution in [2.45, 2.75) is 0 Å². The Balaban J connectivity index is 1.23. The zero-order chi connectivity index (χ0) is 21.9. The smallest absolute Gasteiger partial charge is 0.321 e. The molecule has 1 aliphatic heterocycles. The number of carbonyl (C=O) groups excluding carboxylic acids is 1. The third-order valence-corrected chi connectivity index (χ3v) is 5.70. The summed E-state index contributed by atoms with van der Waals surface area (Å²) in [5, 5.41) is 14.1. The summed E-state index contributed by atoms with van der Waals surface area (Å²) in [5.74, 6) is 0.469. The van der Waals surface area contributed by atoms with Crippen molar-refractivity contribution in [3.63, 3.8) is 0 Å². The van der Waals surface area contributed by atoms with Gasteiger partial charge in [-0.3, -0.25) is 0 Å². The van der Waals surface area contributed by atoms with Gasteiger partial charge >= 0.3 is 6.03 Å². The fraction of sp³-hybridized carbons (Fsp3) is 0.160. The molecule has 160 valence electrons. The van der Waals surface area contributed by atoms with Gasteiger partial charge in [-0.1, -0.05) is 42.5 Å². The minimum absolute atomic E-state index is 0.186. The van der Waals surface area contributed by atoms with E-state index in [1.807, 2.05) is 30.3 Å². The van der Waals surface area contributed by atoms with E-state index in [0.29, 0.717) is 31.9 Å². The lowest BCUT2D eigenvalue weighted by atomic mass is 10.0. The van der Waals surface area contributed by atoms with Crippen LogP contribution in [0, 0.1) is 5.82 Å². The molecule has 1 aromatic heterocycles. The molecule has 6 nitrogen and oxygen atoms in total. The summed E-state index contributed by atoms with van der Waals surface area (Å²) in [6.07, 6.45) is 0. The average Bonchev–Trinajstić information content (AvgIpc) is 2.85. The van der Waals surface area contributed by atoms with Crippen molar-refractivity contribution < 1.29 is 9.18 Å². The number of amides is 2. The minimum Gasteiger partial charge on any atom is -0.352 e. The highest BCUT2D eigenvalue weighted by atomic mass is 19.1. The number of nitrogens with zero attached hydrogens (tertiary/aromatic N) is 4. The van der Waals surface area contributed by atoms with Gasteiger partial charge in [0, 0.05) is 37.4 Å². The molecule has 0 atom stereocenters. The van der Waals surface area contributed by atoms with Crippen molar-refractivity contribution in [1.29, 1.82) is 0 Å². The fourth-order valence-corrected chi connectivity index (χ4v) is 3.96. The number of urea groups is 1. The van der Waals surface area contributed by atoms with E-state index in [1.54, 1.807) is 17.0 Å². The Hall–Kier alpha value is -4.00. The number of hydrogen-bond donors (Lipinski definition) is 1. The number of benzene rings is 3. The molecule has 0 radical (unpaired) electrons. The van der Waals surface area contributed by atoms with Gasteiger partial charge in [-0.25, -0.2) is 9.18 Å². The van der Waals surface area contributed by atoms with Crippen molar-refractivity contribution in [1.82, 2.24) is 15.1 Å². The topological polar surface area (TPSA) is 61.4 Å². The van der Waals surface area contributed by atoms with E-state index in [1.165, 1.54) is 17.5 Å². The van der Waals surface area contributed by atoms with Crippen molar-refractivity contribution in [3.05, 3.63) is 84.7 Å². The number of nitrogens with one attached hydrogen (secondary N) is 1. The summed E-state index contributed by atoms with van der Waals surface area (Å²) in [6.45, 7) is 2.47. The third kappa shape index (κ3) is 4.09. The van der Waals surface area contributed by atoms with Gasteiger partial charge in [0.2, 0.25) is 0 Å². The van der Waals surface area contributed by atoms with Crippen molar-refractivity contribution in [2.75, 3.05) is 36.4 Å². The van der Waals surface area contributed by atoms with E-state index >= 15 is 0 Å². The van der Waals surface area contributed by atoms with Crippen LogP contribution in [0.1, 0.15) is 0 Å². The average molecular weight is 427 g/mol. The number of fused-ring (bicyclic) bond motifs is 1. The van der Waals surface area contributed by atoms with Crippen LogP contribution in [0.4, 0.5) is 20.7 Å².